The maximum atomic E-state index is 11.6. The molecule has 12 heteroatoms. The van der Waals surface area contributed by atoms with Crippen molar-refractivity contribution in [1.82, 2.24) is 39.9 Å². The van der Waals surface area contributed by atoms with Gasteiger partial charge in [-0.05, 0) is 61.6 Å². The van der Waals surface area contributed by atoms with E-state index in [9.17, 15) is 10.1 Å². The van der Waals surface area contributed by atoms with Crippen molar-refractivity contribution in [2.24, 2.45) is 5.73 Å². The Kier molecular flexibility index (Phi) is 6.85. The third-order valence-electron chi connectivity index (χ3n) is 7.55. The quantitative estimate of drug-likeness (QED) is 0.464. The van der Waals surface area contributed by atoms with Crippen LogP contribution in [-0.4, -0.2) is 64.4 Å². The number of tetrazole rings is 1. The first-order valence-electron chi connectivity index (χ1n) is 12.6. The number of primary amides is 1. The Bertz CT molecular complexity index is 1260. The number of fused-ring (bicyclic) bond motifs is 2. The Hall–Kier alpha value is -3.17. The van der Waals surface area contributed by atoms with Crippen molar-refractivity contribution in [3.8, 4) is 6.07 Å². The lowest BCUT2D eigenvalue weighted by Crippen LogP contribution is -2.44. The monoisotopic (exact) mass is 508 g/mol. The molecule has 0 unspecified atom stereocenters. The van der Waals surface area contributed by atoms with Crippen LogP contribution in [0.4, 0.5) is 0 Å². The van der Waals surface area contributed by atoms with Gasteiger partial charge in [0.15, 0.2) is 5.82 Å². The van der Waals surface area contributed by atoms with Gasteiger partial charge in [-0.1, -0.05) is 13.8 Å². The lowest BCUT2D eigenvalue weighted by atomic mass is 9.95. The molecule has 2 fully saturated rings. The Morgan fingerprint density at radius 3 is 2.58 bits per heavy atom. The van der Waals surface area contributed by atoms with Gasteiger partial charge in [-0.15, -0.1) is 26.6 Å². The number of nitrogens with two attached hydrogens (primary N) is 1. The van der Waals surface area contributed by atoms with Crippen LogP contribution in [0.3, 0.4) is 0 Å². The standard InChI is InChI=1S/C24H32N10OS/c1-14(2)24-29-27-15(3)33(24)18-10-16-4-5-17(11-18)32(16)9-8-20(21-7-6-19(13-25)36-21)34-23(12-22(26)35)28-30-31-34/h6-7,14,16-18,20H,4-5,8-12H2,1-3H3,(H2,26,35)/t16-,17-,20-/m0/s1. The zero-order valence-corrected chi connectivity index (χ0v) is 21.7. The zero-order chi connectivity index (χ0) is 25.4. The summed E-state index contributed by atoms with van der Waals surface area (Å²) >= 11 is 1.45. The molecule has 5 rings (SSSR count). The smallest absolute Gasteiger partial charge is 0.225 e. The first-order chi connectivity index (χ1) is 17.4. The van der Waals surface area contributed by atoms with E-state index in [1.165, 1.54) is 24.2 Å². The fourth-order valence-corrected chi connectivity index (χ4v) is 6.95. The van der Waals surface area contributed by atoms with Crippen LogP contribution >= 0.6 is 11.3 Å². The van der Waals surface area contributed by atoms with E-state index in [2.05, 4.69) is 62.0 Å². The normalized spacial score (nSPS) is 22.7. The van der Waals surface area contributed by atoms with E-state index in [-0.39, 0.29) is 12.5 Å². The van der Waals surface area contributed by atoms with Crippen molar-refractivity contribution in [3.63, 3.8) is 0 Å². The van der Waals surface area contributed by atoms with Gasteiger partial charge in [0.1, 0.15) is 22.6 Å². The molecule has 2 aliphatic rings. The number of thiophene rings is 1. The highest BCUT2D eigenvalue weighted by Crippen LogP contribution is 2.43. The van der Waals surface area contributed by atoms with Gasteiger partial charge in [-0.2, -0.15) is 5.26 Å². The fourth-order valence-electron chi connectivity index (χ4n) is 6.03. The lowest BCUT2D eigenvalue weighted by molar-refractivity contribution is -0.117. The van der Waals surface area contributed by atoms with E-state index in [1.54, 1.807) is 4.68 Å². The number of amides is 1. The molecule has 0 radical (unpaired) electrons. The highest BCUT2D eigenvalue weighted by atomic mass is 32.1. The Labute approximate surface area is 214 Å². The number of carbonyl (C=O) groups excluding carboxylic acids is 1. The number of rotatable bonds is 9. The third kappa shape index (κ3) is 4.65. The van der Waals surface area contributed by atoms with Crippen molar-refractivity contribution in [2.45, 2.75) is 89.4 Å². The number of nitrogens with zero attached hydrogens (tertiary/aromatic N) is 9. The van der Waals surface area contributed by atoms with Crippen molar-refractivity contribution >= 4 is 17.2 Å². The Morgan fingerprint density at radius 2 is 1.94 bits per heavy atom. The van der Waals surface area contributed by atoms with Crippen molar-refractivity contribution in [3.05, 3.63) is 39.4 Å². The number of piperidine rings is 1. The van der Waals surface area contributed by atoms with Crippen LogP contribution in [0.2, 0.25) is 0 Å². The minimum Gasteiger partial charge on any atom is -0.369 e. The molecule has 0 spiro atoms. The molecule has 0 aliphatic carbocycles. The maximum Gasteiger partial charge on any atom is 0.225 e. The summed E-state index contributed by atoms with van der Waals surface area (Å²) in [6.07, 6.45) is 5.33. The molecule has 190 valence electrons. The second kappa shape index (κ2) is 10.1. The van der Waals surface area contributed by atoms with E-state index in [0.717, 1.165) is 42.3 Å². The Balaban J connectivity index is 1.35. The maximum absolute atomic E-state index is 11.6. The largest absolute Gasteiger partial charge is 0.369 e. The van der Waals surface area contributed by atoms with Crippen LogP contribution in [0.1, 0.15) is 91.2 Å². The number of hydrogen-bond acceptors (Lipinski definition) is 9. The van der Waals surface area contributed by atoms with Gasteiger partial charge in [-0.3, -0.25) is 9.69 Å². The molecule has 3 aromatic heterocycles. The van der Waals surface area contributed by atoms with E-state index >= 15 is 0 Å². The van der Waals surface area contributed by atoms with Gasteiger partial charge in [-0.25, -0.2) is 4.68 Å². The molecule has 36 heavy (non-hydrogen) atoms. The molecule has 2 bridgehead atoms. The second-order valence-electron chi connectivity index (χ2n) is 10.2. The molecule has 1 amide bonds. The minimum absolute atomic E-state index is 0.0207. The van der Waals surface area contributed by atoms with Crippen LogP contribution in [0.5, 0.6) is 0 Å². The third-order valence-corrected chi connectivity index (χ3v) is 8.64. The van der Waals surface area contributed by atoms with Crippen molar-refractivity contribution in [2.75, 3.05) is 6.54 Å². The molecular formula is C24H32N10OS. The van der Waals surface area contributed by atoms with Gasteiger partial charge in [0.2, 0.25) is 5.91 Å². The average Bonchev–Trinajstić information content (AvgIpc) is 3.61. The summed E-state index contributed by atoms with van der Waals surface area (Å²) in [7, 11) is 0. The van der Waals surface area contributed by atoms with E-state index in [0.29, 0.717) is 34.7 Å². The van der Waals surface area contributed by atoms with E-state index in [1.807, 2.05) is 12.1 Å². The highest BCUT2D eigenvalue weighted by Gasteiger charge is 2.42. The topological polar surface area (TPSA) is 144 Å². The van der Waals surface area contributed by atoms with Crippen LogP contribution in [0.25, 0.3) is 0 Å². The molecule has 3 atom stereocenters. The molecule has 11 nitrogen and oxygen atoms in total. The molecule has 0 saturated carbocycles. The molecular weight excluding hydrogens is 476 g/mol. The number of aromatic nitrogens is 7. The predicted octanol–water partition coefficient (Wildman–Crippen LogP) is 2.50. The van der Waals surface area contributed by atoms with E-state index < -0.39 is 5.91 Å². The summed E-state index contributed by atoms with van der Waals surface area (Å²) in [5.74, 6) is 2.40. The van der Waals surface area contributed by atoms with Crippen LogP contribution in [-0.2, 0) is 11.2 Å². The van der Waals surface area contributed by atoms with Gasteiger partial charge >= 0.3 is 0 Å². The molecule has 2 aliphatic heterocycles. The molecule has 2 saturated heterocycles. The van der Waals surface area contributed by atoms with Crippen LogP contribution in [0, 0.1) is 18.3 Å². The zero-order valence-electron chi connectivity index (χ0n) is 20.9. The number of nitriles is 1. The Morgan fingerprint density at radius 1 is 1.19 bits per heavy atom. The first kappa shape index (κ1) is 24.5. The minimum atomic E-state index is -0.473. The number of carbonyl (C=O) groups is 1. The fraction of sp³-hybridized carbons (Fsp3) is 0.625. The SMILES string of the molecule is Cc1nnc(C(C)C)n1C1C[C@@H]2CC[C@@H](C1)N2CC[C@@H](c1ccc(C#N)s1)n1nnnc1CC(N)=O. The number of aryl methyl sites for hydroxylation is 1. The van der Waals surface area contributed by atoms with Crippen molar-refractivity contribution < 1.29 is 4.79 Å². The second-order valence-corrected chi connectivity index (χ2v) is 11.3. The number of hydrogen-bond donors (Lipinski definition) is 1. The summed E-state index contributed by atoms with van der Waals surface area (Å²) in [6.45, 7) is 7.31. The van der Waals surface area contributed by atoms with Crippen LogP contribution < -0.4 is 5.73 Å². The van der Waals surface area contributed by atoms with E-state index in [4.69, 9.17) is 5.73 Å². The molecule has 3 aromatic rings. The summed E-state index contributed by atoms with van der Waals surface area (Å²) in [5, 5.41) is 30.3. The van der Waals surface area contributed by atoms with Crippen molar-refractivity contribution in [1.29, 1.82) is 5.26 Å². The van der Waals surface area contributed by atoms with Gasteiger partial charge in [0, 0.05) is 35.5 Å². The van der Waals surface area contributed by atoms with Crippen LogP contribution in [0.15, 0.2) is 12.1 Å². The van der Waals surface area contributed by atoms with Gasteiger partial charge < -0.3 is 10.3 Å². The van der Waals surface area contributed by atoms with Gasteiger partial charge in [0.05, 0.1) is 12.5 Å². The predicted molar refractivity (Wildman–Crippen MR) is 133 cm³/mol. The average molecular weight is 509 g/mol. The highest BCUT2D eigenvalue weighted by molar-refractivity contribution is 7.12. The lowest BCUT2D eigenvalue weighted by Gasteiger charge is -2.40. The summed E-state index contributed by atoms with van der Waals surface area (Å²) < 4.78 is 4.09. The summed E-state index contributed by atoms with van der Waals surface area (Å²) in [5.41, 5.74) is 5.44. The summed E-state index contributed by atoms with van der Waals surface area (Å²) in [6, 6.07) is 7.30. The van der Waals surface area contributed by atoms with Gasteiger partial charge in [0.25, 0.3) is 0 Å². The molecule has 5 heterocycles. The summed E-state index contributed by atoms with van der Waals surface area (Å²) in [4.78, 5) is 15.9. The first-order valence-corrected chi connectivity index (χ1v) is 13.4. The molecule has 2 N–H and O–H groups in total. The molecule has 0 aromatic carbocycles.